The molecule has 14 heavy (non-hydrogen) atoms. The number of hydrogen-bond acceptors (Lipinski definition) is 4. The SMILES string of the molecule is O=C(O)C1CSC(c2occc2Br)N1. The van der Waals surface area contributed by atoms with Crippen LogP contribution in [0.2, 0.25) is 0 Å². The molecule has 2 unspecified atom stereocenters. The summed E-state index contributed by atoms with van der Waals surface area (Å²) in [5.41, 5.74) is 0. The van der Waals surface area contributed by atoms with Gasteiger partial charge < -0.3 is 9.52 Å². The van der Waals surface area contributed by atoms with Crippen LogP contribution in [0.1, 0.15) is 11.1 Å². The highest BCUT2D eigenvalue weighted by Gasteiger charge is 2.32. The van der Waals surface area contributed by atoms with Crippen molar-refractivity contribution in [2.45, 2.75) is 11.4 Å². The average Bonchev–Trinajstić information content (AvgIpc) is 2.71. The number of carbonyl (C=O) groups is 1. The summed E-state index contributed by atoms with van der Waals surface area (Å²) < 4.78 is 6.12. The van der Waals surface area contributed by atoms with Gasteiger partial charge in [0.1, 0.15) is 17.2 Å². The molecule has 76 valence electrons. The summed E-state index contributed by atoms with van der Waals surface area (Å²) in [5, 5.41) is 11.7. The zero-order valence-corrected chi connectivity index (χ0v) is 9.47. The molecule has 0 spiro atoms. The zero-order chi connectivity index (χ0) is 10.1. The highest BCUT2D eigenvalue weighted by atomic mass is 79.9. The first-order chi connectivity index (χ1) is 6.68. The molecule has 2 heterocycles. The molecule has 4 nitrogen and oxygen atoms in total. The van der Waals surface area contributed by atoms with E-state index in [0.29, 0.717) is 5.75 Å². The Morgan fingerprint density at radius 1 is 1.79 bits per heavy atom. The first-order valence-electron chi connectivity index (χ1n) is 4.02. The van der Waals surface area contributed by atoms with Crippen LogP contribution in [0.15, 0.2) is 21.2 Å². The van der Waals surface area contributed by atoms with E-state index in [0.717, 1.165) is 10.2 Å². The van der Waals surface area contributed by atoms with Gasteiger partial charge >= 0.3 is 5.97 Å². The highest BCUT2D eigenvalue weighted by molar-refractivity contribution is 9.10. The fourth-order valence-electron chi connectivity index (χ4n) is 1.26. The monoisotopic (exact) mass is 277 g/mol. The van der Waals surface area contributed by atoms with Crippen molar-refractivity contribution in [3.8, 4) is 0 Å². The van der Waals surface area contributed by atoms with E-state index in [-0.39, 0.29) is 5.37 Å². The van der Waals surface area contributed by atoms with Crippen molar-refractivity contribution < 1.29 is 14.3 Å². The second-order valence-corrected chi connectivity index (χ2v) is 4.90. The molecule has 1 fully saturated rings. The number of carboxylic acid groups (broad SMARTS) is 1. The largest absolute Gasteiger partial charge is 0.480 e. The minimum absolute atomic E-state index is 0.0690. The Hall–Kier alpha value is -0.460. The molecule has 1 saturated heterocycles. The van der Waals surface area contributed by atoms with E-state index in [2.05, 4.69) is 21.2 Å². The minimum atomic E-state index is -0.817. The molecule has 0 aromatic carbocycles. The van der Waals surface area contributed by atoms with Gasteiger partial charge in [0.25, 0.3) is 0 Å². The number of carboxylic acids is 1. The van der Waals surface area contributed by atoms with Crippen molar-refractivity contribution in [1.29, 1.82) is 0 Å². The quantitative estimate of drug-likeness (QED) is 0.864. The lowest BCUT2D eigenvalue weighted by atomic mass is 10.3. The van der Waals surface area contributed by atoms with Crippen LogP contribution in [0.5, 0.6) is 0 Å². The van der Waals surface area contributed by atoms with Gasteiger partial charge in [0, 0.05) is 5.75 Å². The summed E-state index contributed by atoms with van der Waals surface area (Å²) in [7, 11) is 0. The Labute approximate surface area is 93.2 Å². The van der Waals surface area contributed by atoms with E-state index in [9.17, 15) is 4.79 Å². The Morgan fingerprint density at radius 3 is 3.07 bits per heavy atom. The molecule has 0 aliphatic carbocycles. The maximum absolute atomic E-state index is 10.7. The van der Waals surface area contributed by atoms with Crippen LogP contribution < -0.4 is 5.32 Å². The summed E-state index contributed by atoms with van der Waals surface area (Å²) in [6.07, 6.45) is 1.58. The normalized spacial score (nSPS) is 26.6. The topological polar surface area (TPSA) is 62.5 Å². The summed E-state index contributed by atoms with van der Waals surface area (Å²) in [4.78, 5) is 10.7. The summed E-state index contributed by atoms with van der Waals surface area (Å²) in [6.45, 7) is 0. The fraction of sp³-hybridized carbons (Fsp3) is 0.375. The van der Waals surface area contributed by atoms with Crippen LogP contribution in [-0.4, -0.2) is 22.9 Å². The molecule has 2 rings (SSSR count). The predicted octanol–water partition coefficient (Wildman–Crippen LogP) is 1.83. The maximum Gasteiger partial charge on any atom is 0.321 e. The van der Waals surface area contributed by atoms with Crippen LogP contribution in [0.3, 0.4) is 0 Å². The lowest BCUT2D eigenvalue weighted by Crippen LogP contribution is -2.33. The molecule has 1 aliphatic rings. The lowest BCUT2D eigenvalue weighted by Gasteiger charge is -2.08. The van der Waals surface area contributed by atoms with Crippen molar-refractivity contribution in [3.63, 3.8) is 0 Å². The number of rotatable bonds is 2. The Balaban J connectivity index is 2.10. The molecule has 0 radical (unpaired) electrons. The summed E-state index contributed by atoms with van der Waals surface area (Å²) in [6, 6.07) is 1.31. The second kappa shape index (κ2) is 3.96. The molecule has 2 N–H and O–H groups in total. The second-order valence-electron chi connectivity index (χ2n) is 2.90. The lowest BCUT2D eigenvalue weighted by molar-refractivity contribution is -0.138. The van der Waals surface area contributed by atoms with Crippen molar-refractivity contribution in [2.24, 2.45) is 0 Å². The van der Waals surface area contributed by atoms with Gasteiger partial charge in [0.05, 0.1) is 10.7 Å². The minimum Gasteiger partial charge on any atom is -0.480 e. The number of thioether (sulfide) groups is 1. The van der Waals surface area contributed by atoms with Crippen LogP contribution >= 0.6 is 27.7 Å². The van der Waals surface area contributed by atoms with Crippen molar-refractivity contribution in [1.82, 2.24) is 5.32 Å². The standard InChI is InChI=1S/C8H8BrNO3S/c9-4-1-2-13-6(4)7-10-5(3-14-7)8(11)12/h1-2,5,7,10H,3H2,(H,11,12). The van der Waals surface area contributed by atoms with E-state index >= 15 is 0 Å². The average molecular weight is 278 g/mol. The molecule has 0 saturated carbocycles. The van der Waals surface area contributed by atoms with Crippen LogP contribution in [-0.2, 0) is 4.79 Å². The summed E-state index contributed by atoms with van der Waals surface area (Å²) in [5.74, 6) is 0.495. The zero-order valence-electron chi connectivity index (χ0n) is 7.07. The molecule has 2 atom stereocenters. The van der Waals surface area contributed by atoms with Gasteiger partial charge in [-0.2, -0.15) is 0 Å². The highest BCUT2D eigenvalue weighted by Crippen LogP contribution is 2.36. The first-order valence-corrected chi connectivity index (χ1v) is 5.86. The van der Waals surface area contributed by atoms with Crippen molar-refractivity contribution in [3.05, 3.63) is 22.6 Å². The number of nitrogens with one attached hydrogen (secondary N) is 1. The molecular weight excluding hydrogens is 270 g/mol. The molecule has 1 aromatic rings. The van der Waals surface area contributed by atoms with E-state index in [4.69, 9.17) is 9.52 Å². The molecule has 0 bridgehead atoms. The van der Waals surface area contributed by atoms with Crippen LogP contribution in [0.4, 0.5) is 0 Å². The molecule has 0 amide bonds. The van der Waals surface area contributed by atoms with Crippen LogP contribution in [0.25, 0.3) is 0 Å². The van der Waals surface area contributed by atoms with Gasteiger partial charge in [-0.05, 0) is 22.0 Å². The predicted molar refractivity (Wildman–Crippen MR) is 56.2 cm³/mol. The van der Waals surface area contributed by atoms with E-state index in [1.165, 1.54) is 11.8 Å². The van der Waals surface area contributed by atoms with Gasteiger partial charge in [-0.25, -0.2) is 0 Å². The van der Waals surface area contributed by atoms with Gasteiger partial charge in [0.15, 0.2) is 0 Å². The van der Waals surface area contributed by atoms with E-state index in [1.807, 2.05) is 0 Å². The van der Waals surface area contributed by atoms with Gasteiger partial charge in [0.2, 0.25) is 0 Å². The Morgan fingerprint density at radius 2 is 2.57 bits per heavy atom. The number of halogens is 1. The summed E-state index contributed by atoms with van der Waals surface area (Å²) >= 11 is 4.87. The number of furan rings is 1. The van der Waals surface area contributed by atoms with E-state index in [1.54, 1.807) is 12.3 Å². The Kier molecular flexibility index (Phi) is 2.85. The first kappa shape index (κ1) is 10.1. The fourth-order valence-corrected chi connectivity index (χ4v) is 3.06. The molecule has 1 aromatic heterocycles. The van der Waals surface area contributed by atoms with E-state index < -0.39 is 12.0 Å². The van der Waals surface area contributed by atoms with Gasteiger partial charge in [-0.3, -0.25) is 10.1 Å². The third-order valence-corrected chi connectivity index (χ3v) is 3.83. The van der Waals surface area contributed by atoms with Crippen LogP contribution in [0, 0.1) is 0 Å². The smallest absolute Gasteiger partial charge is 0.321 e. The third-order valence-electron chi connectivity index (χ3n) is 1.96. The molecule has 1 aliphatic heterocycles. The van der Waals surface area contributed by atoms with Crippen molar-refractivity contribution >= 4 is 33.7 Å². The maximum atomic E-state index is 10.7. The molecule has 6 heteroatoms. The number of aliphatic carboxylic acids is 1. The Bertz CT molecular complexity index is 354. The number of hydrogen-bond donors (Lipinski definition) is 2. The third kappa shape index (κ3) is 1.82. The van der Waals surface area contributed by atoms with Gasteiger partial charge in [-0.15, -0.1) is 11.8 Å². The molecular formula is C8H8BrNO3S. The van der Waals surface area contributed by atoms with Crippen molar-refractivity contribution in [2.75, 3.05) is 5.75 Å². The van der Waals surface area contributed by atoms with Gasteiger partial charge in [-0.1, -0.05) is 0 Å².